The van der Waals surface area contributed by atoms with E-state index in [1.54, 1.807) is 7.11 Å². The Morgan fingerprint density at radius 2 is 2.13 bits per heavy atom. The molecule has 4 heteroatoms. The Morgan fingerprint density at radius 1 is 1.47 bits per heavy atom. The summed E-state index contributed by atoms with van der Waals surface area (Å²) in [6.07, 6.45) is 2.69. The van der Waals surface area contributed by atoms with E-state index in [0.29, 0.717) is 0 Å². The van der Waals surface area contributed by atoms with Gasteiger partial charge in [-0.05, 0) is 20.8 Å². The molecule has 2 N–H and O–H groups in total. The third kappa shape index (κ3) is 3.25. The fourth-order valence-corrected chi connectivity index (χ4v) is 1.41. The lowest BCUT2D eigenvalue weighted by atomic mass is 10.1. The lowest BCUT2D eigenvalue weighted by Gasteiger charge is -2.11. The molecule has 0 aliphatic rings. The van der Waals surface area contributed by atoms with Gasteiger partial charge in [-0.3, -0.25) is 0 Å². The second kappa shape index (κ2) is 5.19. The molecule has 2 atom stereocenters. The van der Waals surface area contributed by atoms with E-state index in [2.05, 4.69) is 9.97 Å². The van der Waals surface area contributed by atoms with Crippen LogP contribution >= 0.6 is 0 Å². The van der Waals surface area contributed by atoms with E-state index in [-0.39, 0.29) is 12.1 Å². The highest BCUT2D eigenvalue weighted by Gasteiger charge is 2.09. The Hall–Kier alpha value is -1.00. The van der Waals surface area contributed by atoms with Crippen LogP contribution < -0.4 is 5.73 Å². The summed E-state index contributed by atoms with van der Waals surface area (Å²) in [4.78, 5) is 8.69. The molecule has 0 saturated heterocycles. The van der Waals surface area contributed by atoms with Crippen molar-refractivity contribution >= 4 is 0 Å². The molecule has 0 fully saturated rings. The van der Waals surface area contributed by atoms with Crippen molar-refractivity contribution in [2.24, 2.45) is 5.73 Å². The van der Waals surface area contributed by atoms with Crippen molar-refractivity contribution in [2.75, 3.05) is 7.11 Å². The largest absolute Gasteiger partial charge is 0.381 e. The standard InChI is InChI=1S/C11H19N3O/c1-7(15-4)5-11-13-6-10(8(2)12)9(3)14-11/h6-8H,5,12H2,1-4H3. The molecule has 0 saturated carbocycles. The van der Waals surface area contributed by atoms with Crippen LogP contribution in [-0.4, -0.2) is 23.2 Å². The summed E-state index contributed by atoms with van der Waals surface area (Å²) in [6.45, 7) is 5.89. The van der Waals surface area contributed by atoms with Crippen LogP contribution in [0, 0.1) is 6.92 Å². The lowest BCUT2D eigenvalue weighted by Crippen LogP contribution is -2.14. The van der Waals surface area contributed by atoms with E-state index >= 15 is 0 Å². The van der Waals surface area contributed by atoms with Gasteiger partial charge in [-0.2, -0.15) is 0 Å². The van der Waals surface area contributed by atoms with E-state index in [1.165, 1.54) is 0 Å². The zero-order valence-electron chi connectivity index (χ0n) is 9.82. The normalized spacial score (nSPS) is 15.0. The topological polar surface area (TPSA) is 61.0 Å². The second-order valence-corrected chi connectivity index (χ2v) is 3.87. The molecule has 84 valence electrons. The van der Waals surface area contributed by atoms with E-state index < -0.39 is 0 Å². The van der Waals surface area contributed by atoms with Crippen LogP contribution in [0.1, 0.15) is 37.0 Å². The summed E-state index contributed by atoms with van der Waals surface area (Å²) in [5, 5.41) is 0. The number of hydrogen-bond donors (Lipinski definition) is 1. The van der Waals surface area contributed by atoms with Gasteiger partial charge >= 0.3 is 0 Å². The zero-order chi connectivity index (χ0) is 11.4. The maximum atomic E-state index is 5.79. The summed E-state index contributed by atoms with van der Waals surface area (Å²) in [5.41, 5.74) is 7.75. The highest BCUT2D eigenvalue weighted by molar-refractivity contribution is 5.19. The number of ether oxygens (including phenoxy) is 1. The Labute approximate surface area is 90.9 Å². The third-order valence-electron chi connectivity index (χ3n) is 2.43. The molecule has 0 radical (unpaired) electrons. The van der Waals surface area contributed by atoms with E-state index in [1.807, 2.05) is 27.0 Å². The van der Waals surface area contributed by atoms with Crippen molar-refractivity contribution in [1.82, 2.24) is 9.97 Å². The van der Waals surface area contributed by atoms with Crippen molar-refractivity contribution in [3.8, 4) is 0 Å². The van der Waals surface area contributed by atoms with Crippen LogP contribution in [0.5, 0.6) is 0 Å². The Balaban J connectivity index is 2.82. The number of nitrogens with zero attached hydrogens (tertiary/aromatic N) is 2. The highest BCUT2D eigenvalue weighted by atomic mass is 16.5. The summed E-state index contributed by atoms with van der Waals surface area (Å²) >= 11 is 0. The molecule has 1 aromatic heterocycles. The molecule has 0 aromatic carbocycles. The minimum atomic E-state index is -0.0149. The molecule has 0 aliphatic heterocycles. The van der Waals surface area contributed by atoms with Gasteiger partial charge in [0.15, 0.2) is 0 Å². The molecular formula is C11H19N3O. The fraction of sp³-hybridized carbons (Fsp3) is 0.636. The monoisotopic (exact) mass is 209 g/mol. The smallest absolute Gasteiger partial charge is 0.131 e. The van der Waals surface area contributed by atoms with Crippen molar-refractivity contribution < 1.29 is 4.74 Å². The van der Waals surface area contributed by atoms with Crippen molar-refractivity contribution in [1.29, 1.82) is 0 Å². The first-order chi connectivity index (χ1) is 7.04. The first-order valence-corrected chi connectivity index (χ1v) is 5.15. The van der Waals surface area contributed by atoms with E-state index in [9.17, 15) is 0 Å². The molecule has 1 heterocycles. The molecule has 0 bridgehead atoms. The molecule has 4 nitrogen and oxygen atoms in total. The van der Waals surface area contributed by atoms with Gasteiger partial charge in [0.1, 0.15) is 5.82 Å². The summed E-state index contributed by atoms with van der Waals surface area (Å²) in [7, 11) is 1.69. The predicted octanol–water partition coefficient (Wildman–Crippen LogP) is 1.38. The van der Waals surface area contributed by atoms with Gasteiger partial charge in [0.2, 0.25) is 0 Å². The maximum Gasteiger partial charge on any atom is 0.131 e. The van der Waals surface area contributed by atoms with Crippen LogP contribution in [0.3, 0.4) is 0 Å². The SMILES string of the molecule is COC(C)Cc1ncc(C(C)N)c(C)n1. The molecule has 1 rings (SSSR count). The maximum absolute atomic E-state index is 5.79. The van der Waals surface area contributed by atoms with E-state index in [4.69, 9.17) is 10.5 Å². The Bertz CT molecular complexity index is 326. The van der Waals surface area contributed by atoms with Crippen molar-refractivity contribution in [3.63, 3.8) is 0 Å². The Morgan fingerprint density at radius 3 is 2.60 bits per heavy atom. The average molecular weight is 209 g/mol. The minimum absolute atomic E-state index is 0.0149. The predicted molar refractivity (Wildman–Crippen MR) is 59.5 cm³/mol. The number of aryl methyl sites for hydroxylation is 1. The van der Waals surface area contributed by atoms with Crippen LogP contribution in [0.2, 0.25) is 0 Å². The molecule has 0 spiro atoms. The Kier molecular flexibility index (Phi) is 4.17. The first-order valence-electron chi connectivity index (χ1n) is 5.15. The lowest BCUT2D eigenvalue weighted by molar-refractivity contribution is 0.117. The van der Waals surface area contributed by atoms with Crippen molar-refractivity contribution in [2.45, 2.75) is 39.3 Å². The van der Waals surface area contributed by atoms with Crippen molar-refractivity contribution in [3.05, 3.63) is 23.3 Å². The first kappa shape index (κ1) is 12.1. The second-order valence-electron chi connectivity index (χ2n) is 3.87. The van der Waals surface area contributed by atoms with Crippen LogP contribution in [0.25, 0.3) is 0 Å². The molecule has 15 heavy (non-hydrogen) atoms. The average Bonchev–Trinajstić information content (AvgIpc) is 2.17. The van der Waals surface area contributed by atoms with Gasteiger partial charge in [-0.15, -0.1) is 0 Å². The number of methoxy groups -OCH3 is 1. The minimum Gasteiger partial charge on any atom is -0.381 e. The van der Waals surface area contributed by atoms with Crippen LogP contribution in [0.4, 0.5) is 0 Å². The number of rotatable bonds is 4. The van der Waals surface area contributed by atoms with Gasteiger partial charge < -0.3 is 10.5 Å². The molecule has 0 amide bonds. The fourth-order valence-electron chi connectivity index (χ4n) is 1.41. The van der Waals surface area contributed by atoms with Crippen LogP contribution in [0.15, 0.2) is 6.20 Å². The molecular weight excluding hydrogens is 190 g/mol. The zero-order valence-corrected chi connectivity index (χ0v) is 9.82. The van der Waals surface area contributed by atoms with Gasteiger partial charge in [-0.1, -0.05) is 0 Å². The van der Waals surface area contributed by atoms with Gasteiger partial charge in [0.05, 0.1) is 6.10 Å². The highest BCUT2D eigenvalue weighted by Crippen LogP contribution is 2.12. The van der Waals surface area contributed by atoms with Gasteiger partial charge in [0.25, 0.3) is 0 Å². The summed E-state index contributed by atoms with van der Waals surface area (Å²) in [5.74, 6) is 0.811. The molecule has 1 aromatic rings. The number of hydrogen-bond acceptors (Lipinski definition) is 4. The molecule has 0 aliphatic carbocycles. The van der Waals surface area contributed by atoms with Gasteiger partial charge in [0, 0.05) is 37.0 Å². The van der Waals surface area contributed by atoms with Crippen LogP contribution in [-0.2, 0) is 11.2 Å². The number of nitrogens with two attached hydrogens (primary N) is 1. The quantitative estimate of drug-likeness (QED) is 0.813. The summed E-state index contributed by atoms with van der Waals surface area (Å²) in [6, 6.07) is -0.0149. The third-order valence-corrected chi connectivity index (χ3v) is 2.43. The van der Waals surface area contributed by atoms with E-state index in [0.717, 1.165) is 23.5 Å². The number of aromatic nitrogens is 2. The summed E-state index contributed by atoms with van der Waals surface area (Å²) < 4.78 is 5.17. The van der Waals surface area contributed by atoms with Gasteiger partial charge in [-0.25, -0.2) is 9.97 Å². The molecule has 2 unspecified atom stereocenters.